The van der Waals surface area contributed by atoms with Gasteiger partial charge < -0.3 is 5.11 Å². The third-order valence-corrected chi connectivity index (χ3v) is 1.75. The number of benzene rings is 1. The van der Waals surface area contributed by atoms with Crippen LogP contribution in [0.2, 0.25) is 0 Å². The van der Waals surface area contributed by atoms with Crippen molar-refractivity contribution >= 4 is 0 Å². The minimum Gasteiger partial charge on any atom is -0.382 e. The standard InChI is InChI=1S/C9H8N2O3/c10-5-7-1-3-8(4-2-7)9(12)6-11(13)14/h1-4,9,12H,6H2. The highest BCUT2D eigenvalue weighted by Gasteiger charge is 2.13. The lowest BCUT2D eigenvalue weighted by atomic mass is 10.1. The van der Waals surface area contributed by atoms with Gasteiger partial charge in [0.05, 0.1) is 11.6 Å². The molecular formula is C9H8N2O3. The maximum Gasteiger partial charge on any atom is 0.233 e. The molecular weight excluding hydrogens is 184 g/mol. The molecule has 1 N–H and O–H groups in total. The van der Waals surface area contributed by atoms with Gasteiger partial charge in [-0.3, -0.25) is 10.1 Å². The van der Waals surface area contributed by atoms with Gasteiger partial charge in [-0.1, -0.05) is 12.1 Å². The zero-order valence-electron chi connectivity index (χ0n) is 7.25. The van der Waals surface area contributed by atoms with Gasteiger partial charge in [-0.2, -0.15) is 5.26 Å². The zero-order valence-corrected chi connectivity index (χ0v) is 7.25. The summed E-state index contributed by atoms with van der Waals surface area (Å²) < 4.78 is 0. The molecule has 0 heterocycles. The van der Waals surface area contributed by atoms with Crippen LogP contribution in [-0.4, -0.2) is 16.6 Å². The molecule has 0 aliphatic carbocycles. The van der Waals surface area contributed by atoms with Crippen LogP contribution in [0.25, 0.3) is 0 Å². The van der Waals surface area contributed by atoms with Crippen LogP contribution < -0.4 is 0 Å². The minimum atomic E-state index is -1.11. The topological polar surface area (TPSA) is 87.2 Å². The molecule has 0 fully saturated rings. The molecule has 1 unspecified atom stereocenters. The van der Waals surface area contributed by atoms with E-state index < -0.39 is 17.6 Å². The molecule has 1 atom stereocenters. The Kier molecular flexibility index (Phi) is 3.15. The van der Waals surface area contributed by atoms with E-state index in [2.05, 4.69) is 0 Å². The number of nitriles is 1. The predicted octanol–water partition coefficient (Wildman–Crippen LogP) is 0.868. The monoisotopic (exact) mass is 192 g/mol. The average molecular weight is 192 g/mol. The highest BCUT2D eigenvalue weighted by molar-refractivity contribution is 5.32. The van der Waals surface area contributed by atoms with Crippen molar-refractivity contribution in [3.8, 4) is 6.07 Å². The van der Waals surface area contributed by atoms with Gasteiger partial charge in [0.25, 0.3) is 0 Å². The number of rotatable bonds is 3. The molecule has 1 aromatic carbocycles. The van der Waals surface area contributed by atoms with Crippen LogP contribution in [0.4, 0.5) is 0 Å². The van der Waals surface area contributed by atoms with Crippen molar-refractivity contribution in [2.24, 2.45) is 0 Å². The van der Waals surface area contributed by atoms with E-state index in [9.17, 15) is 15.2 Å². The average Bonchev–Trinajstić information content (AvgIpc) is 2.17. The van der Waals surface area contributed by atoms with E-state index in [0.29, 0.717) is 11.1 Å². The first-order valence-electron chi connectivity index (χ1n) is 3.93. The van der Waals surface area contributed by atoms with Gasteiger partial charge >= 0.3 is 0 Å². The lowest BCUT2D eigenvalue weighted by Crippen LogP contribution is -2.11. The van der Waals surface area contributed by atoms with Crippen LogP contribution in [0.15, 0.2) is 24.3 Å². The fourth-order valence-corrected chi connectivity index (χ4v) is 1.03. The van der Waals surface area contributed by atoms with Crippen molar-refractivity contribution in [2.45, 2.75) is 6.10 Å². The molecule has 0 saturated carbocycles. The molecule has 1 rings (SSSR count). The van der Waals surface area contributed by atoms with E-state index in [1.165, 1.54) is 24.3 Å². The second-order valence-electron chi connectivity index (χ2n) is 2.76. The van der Waals surface area contributed by atoms with Crippen LogP contribution >= 0.6 is 0 Å². The van der Waals surface area contributed by atoms with E-state index in [1.807, 2.05) is 6.07 Å². The molecule has 0 aromatic heterocycles. The number of hydrogen-bond donors (Lipinski definition) is 1. The molecule has 5 nitrogen and oxygen atoms in total. The molecule has 5 heteroatoms. The lowest BCUT2D eigenvalue weighted by Gasteiger charge is -2.05. The van der Waals surface area contributed by atoms with Crippen molar-refractivity contribution in [1.29, 1.82) is 5.26 Å². The molecule has 0 aliphatic rings. The van der Waals surface area contributed by atoms with Gasteiger partial charge in [0.1, 0.15) is 6.10 Å². The highest BCUT2D eigenvalue weighted by Crippen LogP contribution is 2.13. The van der Waals surface area contributed by atoms with Gasteiger partial charge in [-0.15, -0.1) is 0 Å². The number of nitrogens with zero attached hydrogens (tertiary/aromatic N) is 2. The second-order valence-corrected chi connectivity index (χ2v) is 2.76. The van der Waals surface area contributed by atoms with Gasteiger partial charge in [0.2, 0.25) is 6.54 Å². The van der Waals surface area contributed by atoms with Crippen LogP contribution in [-0.2, 0) is 0 Å². The number of nitro groups is 1. The number of aliphatic hydroxyl groups excluding tert-OH is 1. The molecule has 14 heavy (non-hydrogen) atoms. The first-order chi connectivity index (χ1) is 6.63. The molecule has 0 radical (unpaired) electrons. The Morgan fingerprint density at radius 1 is 1.50 bits per heavy atom. The summed E-state index contributed by atoms with van der Waals surface area (Å²) in [6, 6.07) is 7.96. The molecule has 0 spiro atoms. The maximum absolute atomic E-state index is 10.1. The first kappa shape index (κ1) is 10.2. The first-order valence-corrected chi connectivity index (χ1v) is 3.93. The summed E-state index contributed by atoms with van der Waals surface area (Å²) in [7, 11) is 0. The van der Waals surface area contributed by atoms with Gasteiger partial charge in [-0.05, 0) is 17.7 Å². The summed E-state index contributed by atoms with van der Waals surface area (Å²) in [4.78, 5) is 9.52. The summed E-state index contributed by atoms with van der Waals surface area (Å²) in [5.41, 5.74) is 0.905. The molecule has 1 aromatic rings. The summed E-state index contributed by atoms with van der Waals surface area (Å²) in [6.07, 6.45) is -1.11. The van der Waals surface area contributed by atoms with Crippen LogP contribution in [0.5, 0.6) is 0 Å². The van der Waals surface area contributed by atoms with E-state index >= 15 is 0 Å². The van der Waals surface area contributed by atoms with E-state index in [-0.39, 0.29) is 0 Å². The summed E-state index contributed by atoms with van der Waals surface area (Å²) in [5.74, 6) is 0. The molecule has 0 aliphatic heterocycles. The fourth-order valence-electron chi connectivity index (χ4n) is 1.03. The Hall–Kier alpha value is -1.93. The van der Waals surface area contributed by atoms with Crippen LogP contribution in [0.1, 0.15) is 17.2 Å². The Morgan fingerprint density at radius 2 is 2.07 bits per heavy atom. The van der Waals surface area contributed by atoms with Crippen LogP contribution in [0.3, 0.4) is 0 Å². The maximum atomic E-state index is 10.1. The quantitative estimate of drug-likeness (QED) is 0.568. The lowest BCUT2D eigenvalue weighted by molar-refractivity contribution is -0.491. The molecule has 0 saturated heterocycles. The van der Waals surface area contributed by atoms with Gasteiger partial charge in [0.15, 0.2) is 0 Å². The van der Waals surface area contributed by atoms with Gasteiger partial charge in [-0.25, -0.2) is 0 Å². The van der Waals surface area contributed by atoms with Crippen molar-refractivity contribution in [1.82, 2.24) is 0 Å². The van der Waals surface area contributed by atoms with Crippen molar-refractivity contribution in [3.05, 3.63) is 45.5 Å². The molecule has 72 valence electrons. The second kappa shape index (κ2) is 4.35. The predicted molar refractivity (Wildman–Crippen MR) is 48.0 cm³/mol. The fraction of sp³-hybridized carbons (Fsp3) is 0.222. The Bertz CT molecular complexity index is 367. The number of hydrogen-bond acceptors (Lipinski definition) is 4. The Morgan fingerprint density at radius 3 is 2.50 bits per heavy atom. The minimum absolute atomic E-state index is 0.445. The zero-order chi connectivity index (χ0) is 10.6. The SMILES string of the molecule is N#Cc1ccc(C(O)C[N+](=O)[O-])cc1. The molecule has 0 bridgehead atoms. The van der Waals surface area contributed by atoms with Crippen molar-refractivity contribution < 1.29 is 10.0 Å². The smallest absolute Gasteiger partial charge is 0.233 e. The van der Waals surface area contributed by atoms with Crippen molar-refractivity contribution in [3.63, 3.8) is 0 Å². The summed E-state index contributed by atoms with van der Waals surface area (Å²) in [5, 5.41) is 27.9. The van der Waals surface area contributed by atoms with Gasteiger partial charge in [0, 0.05) is 4.92 Å². The Balaban J connectivity index is 2.77. The largest absolute Gasteiger partial charge is 0.382 e. The summed E-state index contributed by atoms with van der Waals surface area (Å²) in [6.45, 7) is -0.522. The number of aliphatic hydroxyl groups is 1. The van der Waals surface area contributed by atoms with E-state index in [4.69, 9.17) is 5.26 Å². The Labute approximate surface area is 80.4 Å². The third-order valence-electron chi connectivity index (χ3n) is 1.75. The van der Waals surface area contributed by atoms with E-state index in [0.717, 1.165) is 0 Å². The van der Waals surface area contributed by atoms with E-state index in [1.54, 1.807) is 0 Å². The van der Waals surface area contributed by atoms with Crippen molar-refractivity contribution in [2.75, 3.05) is 6.54 Å². The van der Waals surface area contributed by atoms with Crippen LogP contribution in [0, 0.1) is 21.4 Å². The molecule has 0 amide bonds. The normalized spacial score (nSPS) is 11.7. The summed E-state index contributed by atoms with van der Waals surface area (Å²) >= 11 is 0. The third kappa shape index (κ3) is 2.54. The highest BCUT2D eigenvalue weighted by atomic mass is 16.6.